The summed E-state index contributed by atoms with van der Waals surface area (Å²) in [4.78, 5) is 15.1. The van der Waals surface area contributed by atoms with Crippen LogP contribution in [0.5, 0.6) is 0 Å². The van der Waals surface area contributed by atoms with E-state index in [0.717, 1.165) is 18.5 Å². The smallest absolute Gasteiger partial charge is 0.233 e. The van der Waals surface area contributed by atoms with E-state index < -0.39 is 5.41 Å². The first-order chi connectivity index (χ1) is 10.1. The second-order valence-corrected chi connectivity index (χ2v) is 6.44. The molecule has 0 saturated carbocycles. The maximum atomic E-state index is 13.2. The first kappa shape index (κ1) is 14.8. The largest absolute Gasteiger partial charge is 0.381 e. The van der Waals surface area contributed by atoms with Crippen molar-refractivity contribution in [2.75, 3.05) is 26.3 Å². The average molecular weight is 309 g/mol. The lowest BCUT2D eigenvalue weighted by Gasteiger charge is -2.39. The molecule has 0 aliphatic carbocycles. The van der Waals surface area contributed by atoms with Crippen molar-refractivity contribution in [2.24, 2.45) is 5.73 Å². The summed E-state index contributed by atoms with van der Waals surface area (Å²) in [5, 5.41) is 0.671. The molecule has 0 unspecified atom stereocenters. The molecule has 1 atom stereocenters. The Balaban J connectivity index is 1.95. The highest BCUT2D eigenvalue weighted by Gasteiger charge is 2.45. The van der Waals surface area contributed by atoms with Crippen molar-refractivity contribution in [3.8, 4) is 0 Å². The van der Waals surface area contributed by atoms with Crippen molar-refractivity contribution in [2.45, 2.75) is 30.7 Å². The number of nitrogens with two attached hydrogens (primary N) is 1. The highest BCUT2D eigenvalue weighted by atomic mass is 35.5. The van der Waals surface area contributed by atoms with Crippen LogP contribution in [0.3, 0.4) is 0 Å². The summed E-state index contributed by atoms with van der Waals surface area (Å²) in [5.41, 5.74) is 6.46. The van der Waals surface area contributed by atoms with E-state index in [9.17, 15) is 4.79 Å². The summed E-state index contributed by atoms with van der Waals surface area (Å²) in [6.07, 6.45) is 2.30. The summed E-state index contributed by atoms with van der Waals surface area (Å²) in [6, 6.07) is 7.78. The van der Waals surface area contributed by atoms with Gasteiger partial charge in [0, 0.05) is 37.4 Å². The molecule has 1 aromatic carbocycles. The molecule has 5 heteroatoms. The fourth-order valence-corrected chi connectivity index (χ4v) is 3.60. The number of hydrogen-bond acceptors (Lipinski definition) is 3. The molecule has 21 heavy (non-hydrogen) atoms. The van der Waals surface area contributed by atoms with Gasteiger partial charge in [0.15, 0.2) is 0 Å². The van der Waals surface area contributed by atoms with E-state index in [1.54, 1.807) is 0 Å². The van der Waals surface area contributed by atoms with E-state index in [0.29, 0.717) is 37.6 Å². The third-order valence-corrected chi connectivity index (χ3v) is 4.88. The number of rotatable bonds is 2. The molecule has 0 bridgehead atoms. The van der Waals surface area contributed by atoms with Crippen LogP contribution in [0.1, 0.15) is 24.8 Å². The van der Waals surface area contributed by atoms with Crippen LogP contribution < -0.4 is 5.73 Å². The molecule has 4 nitrogen and oxygen atoms in total. The van der Waals surface area contributed by atoms with Crippen molar-refractivity contribution < 1.29 is 9.53 Å². The first-order valence-electron chi connectivity index (χ1n) is 7.50. The molecule has 3 rings (SSSR count). The minimum atomic E-state index is -0.507. The molecule has 1 amide bonds. The summed E-state index contributed by atoms with van der Waals surface area (Å²) < 4.78 is 5.48. The van der Waals surface area contributed by atoms with Crippen molar-refractivity contribution in [1.29, 1.82) is 0 Å². The summed E-state index contributed by atoms with van der Waals surface area (Å²) in [7, 11) is 0. The minimum absolute atomic E-state index is 0.102. The highest BCUT2D eigenvalue weighted by Crippen LogP contribution is 2.38. The Labute approximate surface area is 130 Å². The van der Waals surface area contributed by atoms with Gasteiger partial charge in [0.25, 0.3) is 0 Å². The Morgan fingerprint density at radius 1 is 1.38 bits per heavy atom. The molecule has 2 fully saturated rings. The van der Waals surface area contributed by atoms with Crippen LogP contribution in [0, 0.1) is 0 Å². The van der Waals surface area contributed by atoms with Crippen LogP contribution in [0.15, 0.2) is 24.3 Å². The van der Waals surface area contributed by atoms with Crippen LogP contribution in [0.25, 0.3) is 0 Å². The Morgan fingerprint density at radius 3 is 2.76 bits per heavy atom. The highest BCUT2D eigenvalue weighted by molar-refractivity contribution is 6.30. The van der Waals surface area contributed by atoms with Gasteiger partial charge in [-0.1, -0.05) is 23.7 Å². The van der Waals surface area contributed by atoms with Gasteiger partial charge < -0.3 is 15.4 Å². The second-order valence-electron chi connectivity index (χ2n) is 6.00. The summed E-state index contributed by atoms with van der Waals surface area (Å²) in [6.45, 7) is 2.63. The van der Waals surface area contributed by atoms with E-state index in [1.165, 1.54) is 0 Å². The molecule has 0 aromatic heterocycles. The predicted molar refractivity (Wildman–Crippen MR) is 82.4 cm³/mol. The normalized spacial score (nSPS) is 25.0. The number of carbonyl (C=O) groups excluding carboxylic acids is 1. The molecular formula is C16H21ClN2O2. The third kappa shape index (κ3) is 2.80. The molecule has 2 saturated heterocycles. The number of amides is 1. The van der Waals surface area contributed by atoms with E-state index in [4.69, 9.17) is 22.1 Å². The number of hydrogen-bond donors (Lipinski definition) is 1. The number of likely N-dealkylation sites (tertiary alicyclic amines) is 1. The summed E-state index contributed by atoms with van der Waals surface area (Å²) in [5.74, 6) is 0.181. The van der Waals surface area contributed by atoms with Crippen molar-refractivity contribution >= 4 is 17.5 Å². The van der Waals surface area contributed by atoms with Crippen LogP contribution in [-0.4, -0.2) is 43.2 Å². The quantitative estimate of drug-likeness (QED) is 0.908. The van der Waals surface area contributed by atoms with E-state index in [1.807, 2.05) is 29.2 Å². The zero-order valence-electron chi connectivity index (χ0n) is 12.1. The monoisotopic (exact) mass is 308 g/mol. The molecule has 2 heterocycles. The van der Waals surface area contributed by atoms with Gasteiger partial charge in [-0.05, 0) is 37.0 Å². The molecule has 1 aromatic rings. The van der Waals surface area contributed by atoms with E-state index in [2.05, 4.69) is 0 Å². The Bertz CT molecular complexity index is 529. The number of carbonyl (C=O) groups is 1. The SMILES string of the molecule is N[C@H]1CCN(C(=O)C2(c3cccc(Cl)c3)CCOCC2)C1. The summed E-state index contributed by atoms with van der Waals surface area (Å²) >= 11 is 6.14. The van der Waals surface area contributed by atoms with Gasteiger partial charge in [-0.25, -0.2) is 0 Å². The molecule has 2 aliphatic rings. The number of benzene rings is 1. The Morgan fingerprint density at radius 2 is 2.14 bits per heavy atom. The van der Waals surface area contributed by atoms with Crippen LogP contribution in [-0.2, 0) is 14.9 Å². The number of halogens is 1. The van der Waals surface area contributed by atoms with Gasteiger partial charge >= 0.3 is 0 Å². The van der Waals surface area contributed by atoms with Crippen LogP contribution >= 0.6 is 11.6 Å². The Kier molecular flexibility index (Phi) is 4.20. The predicted octanol–water partition coefficient (Wildman–Crippen LogP) is 1.95. The average Bonchev–Trinajstić information content (AvgIpc) is 2.94. The van der Waals surface area contributed by atoms with E-state index in [-0.39, 0.29) is 11.9 Å². The van der Waals surface area contributed by atoms with Gasteiger partial charge in [0.2, 0.25) is 5.91 Å². The number of ether oxygens (including phenoxy) is 1. The molecule has 114 valence electrons. The Hall–Kier alpha value is -1.10. The fraction of sp³-hybridized carbons (Fsp3) is 0.562. The zero-order valence-corrected chi connectivity index (χ0v) is 12.8. The third-order valence-electron chi connectivity index (χ3n) is 4.64. The fourth-order valence-electron chi connectivity index (χ4n) is 3.41. The molecule has 2 aliphatic heterocycles. The van der Waals surface area contributed by atoms with Crippen LogP contribution in [0.4, 0.5) is 0 Å². The molecule has 2 N–H and O–H groups in total. The van der Waals surface area contributed by atoms with E-state index >= 15 is 0 Å². The molecule has 0 spiro atoms. The van der Waals surface area contributed by atoms with Gasteiger partial charge in [-0.2, -0.15) is 0 Å². The maximum Gasteiger partial charge on any atom is 0.233 e. The van der Waals surface area contributed by atoms with Gasteiger partial charge in [-0.3, -0.25) is 4.79 Å². The maximum absolute atomic E-state index is 13.2. The van der Waals surface area contributed by atoms with Crippen molar-refractivity contribution in [3.63, 3.8) is 0 Å². The number of nitrogens with zero attached hydrogens (tertiary/aromatic N) is 1. The van der Waals surface area contributed by atoms with Gasteiger partial charge in [0.05, 0.1) is 5.41 Å². The molecule has 0 radical (unpaired) electrons. The standard InChI is InChI=1S/C16H21ClN2O2/c17-13-3-1-2-12(10-13)16(5-8-21-9-6-16)15(20)19-7-4-14(18)11-19/h1-3,10,14H,4-9,11,18H2/t14-/m0/s1. The van der Waals surface area contributed by atoms with Gasteiger partial charge in [0.1, 0.15) is 0 Å². The first-order valence-corrected chi connectivity index (χ1v) is 7.88. The lowest BCUT2D eigenvalue weighted by molar-refractivity contribution is -0.140. The van der Waals surface area contributed by atoms with Crippen LogP contribution in [0.2, 0.25) is 5.02 Å². The van der Waals surface area contributed by atoms with Crippen molar-refractivity contribution in [3.05, 3.63) is 34.9 Å². The second kappa shape index (κ2) is 5.95. The van der Waals surface area contributed by atoms with Gasteiger partial charge in [-0.15, -0.1) is 0 Å². The van der Waals surface area contributed by atoms with Crippen molar-refractivity contribution in [1.82, 2.24) is 4.90 Å². The zero-order chi connectivity index (χ0) is 14.9. The lowest BCUT2D eigenvalue weighted by Crippen LogP contribution is -2.49. The molecular weight excluding hydrogens is 288 g/mol. The lowest BCUT2D eigenvalue weighted by atomic mass is 9.73. The minimum Gasteiger partial charge on any atom is -0.381 e. The topological polar surface area (TPSA) is 55.6 Å².